The first-order valence-electron chi connectivity index (χ1n) is 21.4. The molecular weight excluding hydrogens is 751 g/mol. The van der Waals surface area contributed by atoms with Gasteiger partial charge in [0.15, 0.2) is 0 Å². The van der Waals surface area contributed by atoms with E-state index in [-0.39, 0.29) is 30.5 Å². The number of cyclic esters (lactones) is 1. The summed E-state index contributed by atoms with van der Waals surface area (Å²) in [6.45, 7) is 13.6. The number of fused-ring (bicyclic) bond motifs is 8. The van der Waals surface area contributed by atoms with Crippen molar-refractivity contribution >= 4 is 34.1 Å². The molecule has 4 aromatic rings. The maximum Gasteiger partial charge on any atom is 0.324 e. The minimum absolute atomic E-state index is 0.214. The molecule has 4 fully saturated rings. The highest BCUT2D eigenvalue weighted by Crippen LogP contribution is 2.46. The molecule has 4 aliphatic heterocycles. The van der Waals surface area contributed by atoms with Gasteiger partial charge in [-0.2, -0.15) is 0 Å². The number of carbonyl (C=O) groups is 2. The van der Waals surface area contributed by atoms with Crippen LogP contribution in [0.3, 0.4) is 0 Å². The maximum atomic E-state index is 13.7. The average Bonchev–Trinajstić information content (AvgIpc) is 3.88. The second-order valence-electron chi connectivity index (χ2n) is 18.2. The van der Waals surface area contributed by atoms with Crippen LogP contribution in [0.25, 0.3) is 33.4 Å². The first-order valence-corrected chi connectivity index (χ1v) is 22.3. The molecule has 3 N–H and O–H groups in total. The highest BCUT2D eigenvalue weighted by atomic mass is 32.1. The van der Waals surface area contributed by atoms with Gasteiger partial charge in [0.05, 0.1) is 54.1 Å². The number of rotatable bonds is 6. The lowest BCUT2D eigenvalue weighted by atomic mass is 9.80. The summed E-state index contributed by atoms with van der Waals surface area (Å²) >= 11 is 1.53. The standard InChI is InChI=1S/C45H59N7O5S/c1-7-50-38-13-10-27-17-33(38)35(19-45(4,5)24-57-44(54)36-9-8-14-51(49-36)43(53)39(46)25(2)42-48-37(27)23-58-42)41(50)34-18-29(20-47-40(34)26(3)55-6)28-15-31-21-56-22-32(16-28)52(31)30-11-12-30/h10,13,17-18,20,23,25-26,28,30-32,36,39,49H,7-9,11-12,14-16,19,21-22,24,46H2,1-6H3/t25-,26-,28-,31-,32+,36-,39-/m0/s1. The molecule has 1 amide bonds. The fourth-order valence-electron chi connectivity index (χ4n) is 10.1. The van der Waals surface area contributed by atoms with Crippen molar-refractivity contribution in [2.24, 2.45) is 11.1 Å². The van der Waals surface area contributed by atoms with Crippen LogP contribution < -0.4 is 11.2 Å². The Labute approximate surface area is 345 Å². The number of carbonyl (C=O) groups excluding carboxylic acids is 2. The Morgan fingerprint density at radius 1 is 1.10 bits per heavy atom. The Bertz CT molecular complexity index is 2180. The first kappa shape index (κ1) is 39.7. The minimum Gasteiger partial charge on any atom is -0.464 e. The SMILES string of the molecule is CCn1c(-c2cc([C@H]3C[C@H]4COC[C@@H](C3)N4C3CC3)cnc2[C@H](C)OC)c2c3cc(ccc31)-c1csc(n1)[C@@H](C)[C@H](N)C(=O)N1CCC[C@H](N1)C(=O)OCC(C)(C)C2. The molecule has 1 aromatic carbocycles. The third kappa shape index (κ3) is 7.29. The van der Waals surface area contributed by atoms with Gasteiger partial charge in [0.2, 0.25) is 0 Å². The summed E-state index contributed by atoms with van der Waals surface area (Å²) in [5, 5.41) is 5.52. The lowest BCUT2D eigenvalue weighted by Crippen LogP contribution is -2.59. The second-order valence-corrected chi connectivity index (χ2v) is 19.1. The predicted octanol–water partition coefficient (Wildman–Crippen LogP) is 6.72. The molecular formula is C45H59N7O5S. The van der Waals surface area contributed by atoms with Crippen LogP contribution in [-0.4, -0.2) is 100 Å². The number of benzene rings is 1. The number of methoxy groups -OCH3 is 1. The first-order chi connectivity index (χ1) is 27.9. The van der Waals surface area contributed by atoms with Crippen molar-refractivity contribution in [1.29, 1.82) is 0 Å². The third-order valence-corrected chi connectivity index (χ3v) is 14.5. The number of piperidine rings is 1. The highest BCUT2D eigenvalue weighted by Gasteiger charge is 2.46. The van der Waals surface area contributed by atoms with Gasteiger partial charge in [0.25, 0.3) is 5.91 Å². The van der Waals surface area contributed by atoms with E-state index in [0.29, 0.717) is 43.8 Å². The Morgan fingerprint density at radius 3 is 2.60 bits per heavy atom. The number of hydrazine groups is 1. The highest BCUT2D eigenvalue weighted by molar-refractivity contribution is 7.10. The summed E-state index contributed by atoms with van der Waals surface area (Å²) in [5.74, 6) is -0.532. The fraction of sp³-hybridized carbons (Fsp3) is 0.600. The predicted molar refractivity (Wildman–Crippen MR) is 225 cm³/mol. The Kier molecular flexibility index (Phi) is 10.8. The number of aromatic nitrogens is 3. The zero-order valence-electron chi connectivity index (χ0n) is 34.8. The molecule has 0 radical (unpaired) electrons. The van der Waals surface area contributed by atoms with E-state index in [0.717, 1.165) is 82.8 Å². The van der Waals surface area contributed by atoms with Crippen LogP contribution in [0, 0.1) is 5.41 Å². The summed E-state index contributed by atoms with van der Waals surface area (Å²) in [6, 6.07) is 9.22. The molecule has 12 nitrogen and oxygen atoms in total. The van der Waals surface area contributed by atoms with E-state index >= 15 is 0 Å². The number of thiazole rings is 1. The number of nitrogens with one attached hydrogen (secondary N) is 1. The van der Waals surface area contributed by atoms with Gasteiger partial charge in [0, 0.05) is 83.3 Å². The number of esters is 1. The zero-order valence-corrected chi connectivity index (χ0v) is 35.6. The molecule has 310 valence electrons. The van der Waals surface area contributed by atoms with Gasteiger partial charge in [-0.1, -0.05) is 26.8 Å². The van der Waals surface area contributed by atoms with Crippen LogP contribution in [-0.2, 0) is 36.8 Å². The van der Waals surface area contributed by atoms with E-state index in [2.05, 4.69) is 78.4 Å². The molecule has 9 rings (SSSR count). The van der Waals surface area contributed by atoms with Crippen LogP contribution in [0.2, 0.25) is 0 Å². The van der Waals surface area contributed by atoms with Crippen LogP contribution in [0.15, 0.2) is 35.8 Å². The van der Waals surface area contributed by atoms with Crippen molar-refractivity contribution in [3.05, 3.63) is 57.7 Å². The number of amides is 1. The summed E-state index contributed by atoms with van der Waals surface area (Å²) in [5.41, 5.74) is 17.9. The average molecular weight is 810 g/mol. The zero-order chi connectivity index (χ0) is 40.5. The van der Waals surface area contributed by atoms with Gasteiger partial charge in [0.1, 0.15) is 6.04 Å². The van der Waals surface area contributed by atoms with Crippen LogP contribution in [0.5, 0.6) is 0 Å². The van der Waals surface area contributed by atoms with Gasteiger partial charge in [-0.3, -0.25) is 24.5 Å². The molecule has 1 aliphatic carbocycles. The van der Waals surface area contributed by atoms with Gasteiger partial charge in [-0.25, -0.2) is 10.4 Å². The molecule has 7 atom stereocenters. The van der Waals surface area contributed by atoms with Crippen LogP contribution in [0.1, 0.15) is 113 Å². The molecule has 8 bridgehead atoms. The lowest BCUT2D eigenvalue weighted by molar-refractivity contribution is -0.155. The van der Waals surface area contributed by atoms with Crippen LogP contribution >= 0.6 is 11.3 Å². The van der Waals surface area contributed by atoms with Gasteiger partial charge in [-0.05, 0) is 94.0 Å². The number of aryl methyl sites for hydroxylation is 1. The largest absolute Gasteiger partial charge is 0.464 e. The topological polar surface area (TPSA) is 137 Å². The molecule has 3 saturated heterocycles. The number of nitrogens with two attached hydrogens (primary N) is 1. The Balaban J connectivity index is 1.18. The fourth-order valence-corrected chi connectivity index (χ4v) is 11.0. The molecule has 13 heteroatoms. The summed E-state index contributed by atoms with van der Waals surface area (Å²) in [7, 11) is 1.75. The molecule has 7 heterocycles. The minimum atomic E-state index is -0.818. The van der Waals surface area contributed by atoms with Gasteiger partial charge in [-0.15, -0.1) is 11.3 Å². The van der Waals surface area contributed by atoms with E-state index in [1.54, 1.807) is 7.11 Å². The number of pyridine rings is 1. The normalized spacial score (nSPS) is 28.6. The molecule has 0 spiro atoms. The van der Waals surface area contributed by atoms with Crippen molar-refractivity contribution in [1.82, 2.24) is 29.9 Å². The van der Waals surface area contributed by atoms with Crippen molar-refractivity contribution in [2.45, 2.75) is 134 Å². The number of nitrogens with zero attached hydrogens (tertiary/aromatic N) is 5. The Hall–Kier alpha value is -3.72. The number of hydrogen-bond acceptors (Lipinski definition) is 11. The van der Waals surface area contributed by atoms with E-state index in [1.165, 1.54) is 40.3 Å². The van der Waals surface area contributed by atoms with E-state index in [9.17, 15) is 9.59 Å². The third-order valence-electron chi connectivity index (χ3n) is 13.5. The van der Waals surface area contributed by atoms with Crippen LogP contribution in [0.4, 0.5) is 0 Å². The van der Waals surface area contributed by atoms with Gasteiger partial charge < -0.3 is 24.5 Å². The van der Waals surface area contributed by atoms with Crippen molar-refractivity contribution < 1.29 is 23.8 Å². The second kappa shape index (κ2) is 15.7. The smallest absolute Gasteiger partial charge is 0.324 e. The molecule has 3 aromatic heterocycles. The lowest BCUT2D eigenvalue weighted by Gasteiger charge is -2.49. The molecule has 5 aliphatic rings. The summed E-state index contributed by atoms with van der Waals surface area (Å²) in [4.78, 5) is 40.4. The number of morpholine rings is 1. The summed E-state index contributed by atoms with van der Waals surface area (Å²) in [6.07, 6.45) is 8.53. The summed E-state index contributed by atoms with van der Waals surface area (Å²) < 4.78 is 20.7. The number of hydrogen-bond donors (Lipinski definition) is 2. The van der Waals surface area contributed by atoms with Crippen molar-refractivity contribution in [2.75, 3.05) is 33.5 Å². The maximum absolute atomic E-state index is 13.7. The van der Waals surface area contributed by atoms with Crippen molar-refractivity contribution in [3.63, 3.8) is 0 Å². The van der Waals surface area contributed by atoms with Crippen molar-refractivity contribution in [3.8, 4) is 22.5 Å². The van der Waals surface area contributed by atoms with E-state index < -0.39 is 17.5 Å². The monoisotopic (exact) mass is 809 g/mol. The van der Waals surface area contributed by atoms with Gasteiger partial charge >= 0.3 is 5.97 Å². The molecule has 58 heavy (non-hydrogen) atoms. The molecule has 0 unspecified atom stereocenters. The van der Waals surface area contributed by atoms with E-state index in [4.69, 9.17) is 29.9 Å². The molecule has 1 saturated carbocycles. The Morgan fingerprint density at radius 2 is 1.88 bits per heavy atom. The quantitative estimate of drug-likeness (QED) is 0.202. The van der Waals surface area contributed by atoms with E-state index in [1.807, 2.05) is 6.92 Å². The number of ether oxygens (including phenoxy) is 3.